The zero-order valence-corrected chi connectivity index (χ0v) is 23.0. The van der Waals surface area contributed by atoms with Gasteiger partial charge in [0.05, 0.1) is 5.75 Å². The second kappa shape index (κ2) is 14.3. The molecule has 0 saturated heterocycles. The Balaban J connectivity index is 1.86. The fourth-order valence-electron chi connectivity index (χ4n) is 3.73. The Labute approximate surface area is 228 Å². The van der Waals surface area contributed by atoms with E-state index in [1.165, 1.54) is 11.8 Å². The van der Waals surface area contributed by atoms with Crippen molar-refractivity contribution in [3.8, 4) is 0 Å². The number of nitrogens with zero attached hydrogens (tertiary/aromatic N) is 1. The van der Waals surface area contributed by atoms with Crippen LogP contribution in [-0.4, -0.2) is 35.1 Å². The van der Waals surface area contributed by atoms with Crippen LogP contribution < -0.4 is 5.32 Å². The molecule has 0 aromatic heterocycles. The van der Waals surface area contributed by atoms with Crippen molar-refractivity contribution in [2.24, 2.45) is 5.92 Å². The molecule has 36 heavy (non-hydrogen) atoms. The number of rotatable bonds is 12. The van der Waals surface area contributed by atoms with E-state index in [0.29, 0.717) is 34.7 Å². The molecule has 0 radical (unpaired) electrons. The van der Waals surface area contributed by atoms with Gasteiger partial charge in [0.15, 0.2) is 0 Å². The predicted octanol–water partition coefficient (Wildman–Crippen LogP) is 6.64. The predicted molar refractivity (Wildman–Crippen MR) is 151 cm³/mol. The van der Waals surface area contributed by atoms with Gasteiger partial charge in [0.1, 0.15) is 6.04 Å². The number of halogens is 2. The normalized spacial score (nSPS) is 11.8. The molecule has 0 aliphatic rings. The van der Waals surface area contributed by atoms with Gasteiger partial charge in [-0.3, -0.25) is 9.59 Å². The molecule has 0 aliphatic heterocycles. The Kier molecular flexibility index (Phi) is 11.2. The largest absolute Gasteiger partial charge is 0.354 e. The standard InChI is InChI=1S/C29H32Cl2N2O2S/c1-21(2)17-32-29(35)27(16-22-10-4-3-5-11-22)33(18-23-12-6-8-14-25(23)30)28(34)20-36-19-24-13-7-9-15-26(24)31/h3-15,21,27H,16-20H2,1-2H3,(H,32,35)/t27-/m0/s1. The second-order valence-electron chi connectivity index (χ2n) is 9.04. The molecular weight excluding hydrogens is 511 g/mol. The van der Waals surface area contributed by atoms with E-state index in [4.69, 9.17) is 23.2 Å². The van der Waals surface area contributed by atoms with Crippen molar-refractivity contribution < 1.29 is 9.59 Å². The van der Waals surface area contributed by atoms with Crippen LogP contribution in [0, 0.1) is 5.92 Å². The fourth-order valence-corrected chi connectivity index (χ4v) is 5.12. The minimum Gasteiger partial charge on any atom is -0.354 e. The van der Waals surface area contributed by atoms with Gasteiger partial charge >= 0.3 is 0 Å². The SMILES string of the molecule is CC(C)CNC(=O)[C@H](Cc1ccccc1)N(Cc1ccccc1Cl)C(=O)CSCc1ccccc1Cl. The zero-order chi connectivity index (χ0) is 25.9. The highest BCUT2D eigenvalue weighted by molar-refractivity contribution is 7.99. The summed E-state index contributed by atoms with van der Waals surface area (Å²) in [5.41, 5.74) is 2.77. The summed E-state index contributed by atoms with van der Waals surface area (Å²) in [5, 5.41) is 4.29. The van der Waals surface area contributed by atoms with Gasteiger partial charge in [0.2, 0.25) is 11.8 Å². The van der Waals surface area contributed by atoms with Gasteiger partial charge in [0.25, 0.3) is 0 Å². The van der Waals surface area contributed by atoms with Gasteiger partial charge in [-0.05, 0) is 34.7 Å². The molecule has 3 aromatic carbocycles. The molecule has 190 valence electrons. The lowest BCUT2D eigenvalue weighted by Crippen LogP contribution is -2.51. The fraction of sp³-hybridized carbons (Fsp3) is 0.310. The van der Waals surface area contributed by atoms with E-state index in [-0.39, 0.29) is 24.1 Å². The number of carbonyl (C=O) groups is 2. The monoisotopic (exact) mass is 542 g/mol. The maximum Gasteiger partial charge on any atom is 0.243 e. The van der Waals surface area contributed by atoms with Crippen molar-refractivity contribution in [2.45, 2.75) is 38.6 Å². The number of benzene rings is 3. The third-order valence-electron chi connectivity index (χ3n) is 5.70. The van der Waals surface area contributed by atoms with Crippen LogP contribution >= 0.6 is 35.0 Å². The van der Waals surface area contributed by atoms with Crippen LogP contribution in [0.2, 0.25) is 10.0 Å². The highest BCUT2D eigenvalue weighted by Gasteiger charge is 2.30. The molecule has 1 N–H and O–H groups in total. The average Bonchev–Trinajstić information content (AvgIpc) is 2.87. The number of nitrogens with one attached hydrogen (secondary N) is 1. The Hall–Kier alpha value is -2.47. The first-order valence-corrected chi connectivity index (χ1v) is 13.9. The van der Waals surface area contributed by atoms with E-state index in [2.05, 4.69) is 5.32 Å². The summed E-state index contributed by atoms with van der Waals surface area (Å²) in [6.45, 7) is 4.88. The number of carbonyl (C=O) groups excluding carboxylic acids is 2. The lowest BCUT2D eigenvalue weighted by molar-refractivity contribution is -0.139. The smallest absolute Gasteiger partial charge is 0.243 e. The lowest BCUT2D eigenvalue weighted by Gasteiger charge is -2.32. The van der Waals surface area contributed by atoms with E-state index >= 15 is 0 Å². The van der Waals surface area contributed by atoms with Crippen LogP contribution in [0.1, 0.15) is 30.5 Å². The summed E-state index contributed by atoms with van der Waals surface area (Å²) >= 11 is 14.2. The third-order valence-corrected chi connectivity index (χ3v) is 7.40. The maximum atomic E-state index is 13.7. The summed E-state index contributed by atoms with van der Waals surface area (Å²) in [6.07, 6.45) is 0.413. The van der Waals surface area contributed by atoms with Gasteiger partial charge < -0.3 is 10.2 Å². The molecule has 0 spiro atoms. The first-order chi connectivity index (χ1) is 17.3. The van der Waals surface area contributed by atoms with E-state index in [0.717, 1.165) is 16.7 Å². The van der Waals surface area contributed by atoms with Crippen molar-refractivity contribution >= 4 is 46.8 Å². The number of thioether (sulfide) groups is 1. The van der Waals surface area contributed by atoms with E-state index in [9.17, 15) is 9.59 Å². The molecule has 1 atom stereocenters. The van der Waals surface area contributed by atoms with Gasteiger partial charge in [-0.15, -0.1) is 11.8 Å². The van der Waals surface area contributed by atoms with E-state index in [1.54, 1.807) is 11.0 Å². The number of hydrogen-bond donors (Lipinski definition) is 1. The summed E-state index contributed by atoms with van der Waals surface area (Å²) < 4.78 is 0. The third kappa shape index (κ3) is 8.58. The van der Waals surface area contributed by atoms with Crippen molar-refractivity contribution in [3.05, 3.63) is 106 Å². The molecule has 0 bridgehead atoms. The maximum absolute atomic E-state index is 13.7. The molecule has 2 amide bonds. The molecule has 7 heteroatoms. The van der Waals surface area contributed by atoms with Crippen LogP contribution in [0.3, 0.4) is 0 Å². The van der Waals surface area contributed by atoms with Gasteiger partial charge in [-0.1, -0.05) is 104 Å². The summed E-state index contributed by atoms with van der Waals surface area (Å²) in [5.74, 6) is 0.842. The van der Waals surface area contributed by atoms with Crippen LogP contribution in [0.4, 0.5) is 0 Å². The minimum absolute atomic E-state index is 0.118. The quantitative estimate of drug-likeness (QED) is 0.279. The minimum atomic E-state index is -0.671. The first-order valence-electron chi connectivity index (χ1n) is 12.0. The first kappa shape index (κ1) is 28.1. The van der Waals surface area contributed by atoms with E-state index in [1.807, 2.05) is 86.6 Å². The summed E-state index contributed by atoms with van der Waals surface area (Å²) in [7, 11) is 0. The summed E-state index contributed by atoms with van der Waals surface area (Å²) in [6, 6.07) is 24.2. The molecule has 3 rings (SSSR count). The Bertz CT molecular complexity index is 1140. The molecule has 0 heterocycles. The van der Waals surface area contributed by atoms with Gasteiger partial charge in [-0.25, -0.2) is 0 Å². The number of amides is 2. The summed E-state index contributed by atoms with van der Waals surface area (Å²) in [4.78, 5) is 28.8. The van der Waals surface area contributed by atoms with Crippen LogP contribution in [0.5, 0.6) is 0 Å². The highest BCUT2D eigenvalue weighted by atomic mass is 35.5. The van der Waals surface area contributed by atoms with Crippen molar-refractivity contribution in [3.63, 3.8) is 0 Å². The zero-order valence-electron chi connectivity index (χ0n) is 20.6. The number of hydrogen-bond acceptors (Lipinski definition) is 3. The van der Waals surface area contributed by atoms with Crippen LogP contribution in [0.15, 0.2) is 78.9 Å². The Morgan fingerprint density at radius 3 is 2.06 bits per heavy atom. The average molecular weight is 544 g/mol. The molecule has 0 aliphatic carbocycles. The van der Waals surface area contributed by atoms with Crippen molar-refractivity contribution in [2.75, 3.05) is 12.3 Å². The van der Waals surface area contributed by atoms with Crippen LogP contribution in [-0.2, 0) is 28.3 Å². The highest BCUT2D eigenvalue weighted by Crippen LogP contribution is 2.24. The molecule has 4 nitrogen and oxygen atoms in total. The van der Waals surface area contributed by atoms with Gasteiger partial charge in [-0.2, -0.15) is 0 Å². The molecule has 0 unspecified atom stereocenters. The second-order valence-corrected chi connectivity index (χ2v) is 10.8. The van der Waals surface area contributed by atoms with E-state index < -0.39 is 6.04 Å². The Morgan fingerprint density at radius 2 is 1.44 bits per heavy atom. The molecule has 0 saturated carbocycles. The molecule has 3 aromatic rings. The Morgan fingerprint density at radius 1 is 0.861 bits per heavy atom. The molecule has 0 fully saturated rings. The van der Waals surface area contributed by atoms with Crippen molar-refractivity contribution in [1.82, 2.24) is 10.2 Å². The molecular formula is C29H32Cl2N2O2S. The van der Waals surface area contributed by atoms with Gasteiger partial charge in [0, 0.05) is 35.3 Å². The van der Waals surface area contributed by atoms with Crippen molar-refractivity contribution in [1.29, 1.82) is 0 Å². The van der Waals surface area contributed by atoms with Crippen LogP contribution in [0.25, 0.3) is 0 Å². The topological polar surface area (TPSA) is 49.4 Å². The lowest BCUT2D eigenvalue weighted by atomic mass is 10.0.